The van der Waals surface area contributed by atoms with E-state index in [1.165, 1.54) is 18.3 Å². The lowest BCUT2D eigenvalue weighted by Crippen LogP contribution is -2.48. The highest BCUT2D eigenvalue weighted by Crippen LogP contribution is 2.14. The lowest BCUT2D eigenvalue weighted by molar-refractivity contribution is -0.120. The number of hydrogen-bond donors (Lipinski definition) is 2. The molecule has 3 N–H and O–H groups in total. The quantitative estimate of drug-likeness (QED) is 0.835. The zero-order chi connectivity index (χ0) is 14.7. The van der Waals surface area contributed by atoms with Crippen LogP contribution in [0.5, 0.6) is 0 Å². The van der Waals surface area contributed by atoms with Crippen LogP contribution in [0.1, 0.15) is 26.7 Å². The molecule has 0 bridgehead atoms. The Hall–Kier alpha value is -0.890. The number of aromatic nitrogens is 1. The minimum absolute atomic E-state index is 0. The van der Waals surface area contributed by atoms with E-state index in [4.69, 9.17) is 5.73 Å². The Morgan fingerprint density at radius 1 is 1.38 bits per heavy atom. The van der Waals surface area contributed by atoms with Crippen molar-refractivity contribution in [3.8, 4) is 0 Å². The number of carbonyl (C=O) groups excluding carboxylic acids is 1. The zero-order valence-electron chi connectivity index (χ0n) is 12.1. The van der Waals surface area contributed by atoms with Crippen molar-refractivity contribution in [1.82, 2.24) is 4.98 Å². The number of sulfone groups is 1. The number of rotatable bonds is 5. The van der Waals surface area contributed by atoms with Crippen LogP contribution in [-0.2, 0) is 14.6 Å². The fraction of sp³-hybridized carbons (Fsp3) is 0.500. The van der Waals surface area contributed by atoms with Crippen molar-refractivity contribution < 1.29 is 13.2 Å². The third-order valence-electron chi connectivity index (χ3n) is 2.66. The highest BCUT2D eigenvalue weighted by Gasteiger charge is 2.27. The average molecular weight is 358 g/mol. The van der Waals surface area contributed by atoms with Gasteiger partial charge >= 0.3 is 0 Å². The van der Waals surface area contributed by atoms with Crippen molar-refractivity contribution in [2.75, 3.05) is 11.6 Å². The fourth-order valence-corrected chi connectivity index (χ4v) is 2.14. The maximum absolute atomic E-state index is 11.9. The summed E-state index contributed by atoms with van der Waals surface area (Å²) in [5.41, 5.74) is 5.36. The molecule has 0 fully saturated rings. The molecule has 0 aliphatic rings. The molecule has 1 aromatic heterocycles. The van der Waals surface area contributed by atoms with Gasteiger partial charge < -0.3 is 11.1 Å². The van der Waals surface area contributed by atoms with Crippen LogP contribution >= 0.6 is 24.8 Å². The summed E-state index contributed by atoms with van der Waals surface area (Å²) >= 11 is 0. The number of hydrogen-bond acceptors (Lipinski definition) is 5. The van der Waals surface area contributed by atoms with Gasteiger partial charge in [0.2, 0.25) is 5.91 Å². The van der Waals surface area contributed by atoms with E-state index in [1.54, 1.807) is 6.92 Å². The third kappa shape index (κ3) is 6.60. The minimum Gasteiger partial charge on any atom is -0.323 e. The normalized spacial score (nSPS) is 13.3. The Bertz CT molecular complexity index is 560. The number of amides is 1. The Kier molecular flexibility index (Phi) is 9.09. The molecule has 6 nitrogen and oxygen atoms in total. The predicted octanol–water partition coefficient (Wildman–Crippen LogP) is 1.78. The molecular formula is C12H21Cl2N3O3S. The Labute approximate surface area is 137 Å². The Morgan fingerprint density at radius 2 is 1.95 bits per heavy atom. The number of carbonyl (C=O) groups is 1. The smallest absolute Gasteiger partial charge is 0.244 e. The first-order chi connectivity index (χ1) is 8.66. The second kappa shape index (κ2) is 8.53. The summed E-state index contributed by atoms with van der Waals surface area (Å²) in [7, 11) is -3.33. The molecular weight excluding hydrogens is 337 g/mol. The summed E-state index contributed by atoms with van der Waals surface area (Å²) in [5.74, 6) is -0.316. The van der Waals surface area contributed by atoms with E-state index in [0.717, 1.165) is 12.7 Å². The van der Waals surface area contributed by atoms with Gasteiger partial charge in [0, 0.05) is 6.26 Å². The van der Waals surface area contributed by atoms with Gasteiger partial charge in [-0.1, -0.05) is 13.3 Å². The van der Waals surface area contributed by atoms with Crippen LogP contribution in [0.2, 0.25) is 0 Å². The largest absolute Gasteiger partial charge is 0.323 e. The minimum atomic E-state index is -3.33. The van der Waals surface area contributed by atoms with Crippen LogP contribution in [0.25, 0.3) is 0 Å². The second-order valence-electron chi connectivity index (χ2n) is 4.78. The molecule has 0 saturated carbocycles. The van der Waals surface area contributed by atoms with Crippen LogP contribution in [0.15, 0.2) is 23.4 Å². The Morgan fingerprint density at radius 3 is 2.33 bits per heavy atom. The highest BCUT2D eigenvalue weighted by molar-refractivity contribution is 7.90. The van der Waals surface area contributed by atoms with Crippen molar-refractivity contribution in [2.45, 2.75) is 37.3 Å². The molecule has 0 saturated heterocycles. The van der Waals surface area contributed by atoms with Crippen molar-refractivity contribution in [2.24, 2.45) is 5.73 Å². The first-order valence-corrected chi connectivity index (χ1v) is 7.82. The van der Waals surface area contributed by atoms with E-state index in [9.17, 15) is 13.2 Å². The molecule has 122 valence electrons. The number of nitrogens with one attached hydrogen (secondary N) is 1. The van der Waals surface area contributed by atoms with E-state index in [2.05, 4.69) is 10.3 Å². The molecule has 1 heterocycles. The average Bonchev–Trinajstić information content (AvgIpc) is 2.28. The highest BCUT2D eigenvalue weighted by atomic mass is 35.5. The first kappa shape index (κ1) is 22.4. The molecule has 0 spiro atoms. The van der Waals surface area contributed by atoms with Gasteiger partial charge in [0.25, 0.3) is 0 Å². The van der Waals surface area contributed by atoms with E-state index in [0.29, 0.717) is 12.1 Å². The van der Waals surface area contributed by atoms with Gasteiger partial charge in [0.1, 0.15) is 0 Å². The standard InChI is InChI=1S/C12H19N3O3S.2ClH/c1-4-7-12(2,13)11(16)15-9-5-6-10(14-8-9)19(3,17)18;;/h5-6,8H,4,7,13H2,1-3H3,(H,15,16);2*1H. The van der Waals surface area contributed by atoms with Crippen LogP contribution in [-0.4, -0.2) is 31.1 Å². The van der Waals surface area contributed by atoms with Crippen LogP contribution in [0.4, 0.5) is 5.69 Å². The molecule has 1 rings (SSSR count). The van der Waals surface area contributed by atoms with Crippen molar-refractivity contribution in [3.63, 3.8) is 0 Å². The lowest BCUT2D eigenvalue weighted by Gasteiger charge is -2.22. The van der Waals surface area contributed by atoms with E-state index in [1.807, 2.05) is 6.92 Å². The fourth-order valence-electron chi connectivity index (χ4n) is 1.58. The van der Waals surface area contributed by atoms with Crippen molar-refractivity contribution in [1.29, 1.82) is 0 Å². The van der Waals surface area contributed by atoms with Crippen molar-refractivity contribution >= 4 is 46.2 Å². The molecule has 1 aromatic rings. The maximum Gasteiger partial charge on any atom is 0.244 e. The lowest BCUT2D eigenvalue weighted by atomic mass is 9.96. The Balaban J connectivity index is 0. The van der Waals surface area contributed by atoms with Gasteiger partial charge in [-0.25, -0.2) is 13.4 Å². The summed E-state index contributed by atoms with van der Waals surface area (Å²) in [6.45, 7) is 3.60. The van der Waals surface area contributed by atoms with Crippen LogP contribution < -0.4 is 11.1 Å². The number of halogens is 2. The summed E-state index contributed by atoms with van der Waals surface area (Å²) < 4.78 is 22.5. The molecule has 0 aliphatic carbocycles. The molecule has 0 aromatic carbocycles. The van der Waals surface area contributed by atoms with Crippen LogP contribution in [0.3, 0.4) is 0 Å². The number of pyridine rings is 1. The van der Waals surface area contributed by atoms with E-state index in [-0.39, 0.29) is 35.7 Å². The van der Waals surface area contributed by atoms with Gasteiger partial charge in [-0.3, -0.25) is 4.79 Å². The zero-order valence-corrected chi connectivity index (χ0v) is 14.6. The summed E-state index contributed by atoms with van der Waals surface area (Å²) in [6.07, 6.45) is 3.74. The number of nitrogens with two attached hydrogens (primary N) is 1. The van der Waals surface area contributed by atoms with Gasteiger partial charge in [-0.05, 0) is 25.5 Å². The molecule has 1 atom stereocenters. The van der Waals surface area contributed by atoms with Crippen molar-refractivity contribution in [3.05, 3.63) is 18.3 Å². The molecule has 1 amide bonds. The van der Waals surface area contributed by atoms with Gasteiger partial charge in [0.05, 0.1) is 17.4 Å². The van der Waals surface area contributed by atoms with Gasteiger partial charge in [-0.15, -0.1) is 24.8 Å². The molecule has 21 heavy (non-hydrogen) atoms. The molecule has 1 unspecified atom stereocenters. The monoisotopic (exact) mass is 357 g/mol. The van der Waals surface area contributed by atoms with Gasteiger partial charge in [0.15, 0.2) is 14.9 Å². The summed E-state index contributed by atoms with van der Waals surface area (Å²) in [4.78, 5) is 15.7. The molecule has 0 radical (unpaired) electrons. The topological polar surface area (TPSA) is 102 Å². The van der Waals surface area contributed by atoms with Gasteiger partial charge in [-0.2, -0.15) is 0 Å². The van der Waals surface area contributed by atoms with Crippen LogP contribution in [0, 0.1) is 0 Å². The third-order valence-corrected chi connectivity index (χ3v) is 3.66. The summed E-state index contributed by atoms with van der Waals surface area (Å²) in [5, 5.41) is 2.59. The SMILES string of the molecule is CCCC(C)(N)C(=O)Nc1ccc(S(C)(=O)=O)nc1.Cl.Cl. The molecule has 0 aliphatic heterocycles. The van der Waals surface area contributed by atoms with E-state index >= 15 is 0 Å². The summed E-state index contributed by atoms with van der Waals surface area (Å²) in [6, 6.07) is 2.84. The second-order valence-corrected chi connectivity index (χ2v) is 6.74. The number of nitrogens with zero attached hydrogens (tertiary/aromatic N) is 1. The first-order valence-electron chi connectivity index (χ1n) is 5.93. The van der Waals surface area contributed by atoms with E-state index < -0.39 is 15.4 Å². The molecule has 9 heteroatoms. The predicted molar refractivity (Wildman–Crippen MR) is 88.0 cm³/mol. The number of anilines is 1. The maximum atomic E-state index is 11.9.